The van der Waals surface area contributed by atoms with Gasteiger partial charge in [-0.3, -0.25) is 0 Å². The molecule has 0 bridgehead atoms. The van der Waals surface area contributed by atoms with Crippen LogP contribution >= 0.6 is 23.2 Å². The van der Waals surface area contributed by atoms with Gasteiger partial charge < -0.3 is 15.8 Å². The van der Waals surface area contributed by atoms with Crippen molar-refractivity contribution < 1.29 is 4.74 Å². The number of hydrogen-bond acceptors (Lipinski definition) is 4. The molecule has 17 heavy (non-hydrogen) atoms. The van der Waals surface area contributed by atoms with Crippen molar-refractivity contribution in [1.29, 1.82) is 0 Å². The molecule has 0 aliphatic heterocycles. The van der Waals surface area contributed by atoms with Crippen molar-refractivity contribution >= 4 is 34.8 Å². The van der Waals surface area contributed by atoms with Crippen LogP contribution in [0.15, 0.2) is 6.07 Å². The molecule has 0 saturated heterocycles. The van der Waals surface area contributed by atoms with Crippen molar-refractivity contribution in [3.8, 4) is 0 Å². The van der Waals surface area contributed by atoms with E-state index in [1.54, 1.807) is 6.07 Å². The van der Waals surface area contributed by atoms with Gasteiger partial charge in [0, 0.05) is 19.8 Å². The van der Waals surface area contributed by atoms with Gasteiger partial charge in [-0.1, -0.05) is 30.1 Å². The largest absolute Gasteiger partial charge is 0.382 e. The fourth-order valence-corrected chi connectivity index (χ4v) is 1.66. The molecule has 0 spiro atoms. The molecule has 0 unspecified atom stereocenters. The number of aromatic nitrogens is 1. The summed E-state index contributed by atoms with van der Waals surface area (Å²) in [5, 5.41) is 3.93. The Morgan fingerprint density at radius 2 is 2.12 bits per heavy atom. The maximum absolute atomic E-state index is 5.97. The smallest absolute Gasteiger partial charge is 0.147 e. The van der Waals surface area contributed by atoms with Crippen molar-refractivity contribution in [3.05, 3.63) is 16.1 Å². The molecular weight excluding hydrogens is 261 g/mol. The second kappa shape index (κ2) is 7.58. The van der Waals surface area contributed by atoms with Crippen LogP contribution in [0.4, 0.5) is 11.6 Å². The van der Waals surface area contributed by atoms with E-state index in [-0.39, 0.29) is 5.82 Å². The molecule has 0 atom stereocenters. The summed E-state index contributed by atoms with van der Waals surface area (Å²) in [4.78, 5) is 4.07. The summed E-state index contributed by atoms with van der Waals surface area (Å²) in [6, 6.07) is 1.58. The summed E-state index contributed by atoms with van der Waals surface area (Å²) in [5.41, 5.74) is 5.59. The van der Waals surface area contributed by atoms with Gasteiger partial charge in [-0.15, -0.1) is 0 Å². The Kier molecular flexibility index (Phi) is 6.40. The van der Waals surface area contributed by atoms with Crippen LogP contribution in [0, 0.1) is 0 Å². The van der Waals surface area contributed by atoms with Gasteiger partial charge in [0.1, 0.15) is 11.6 Å². The van der Waals surface area contributed by atoms with E-state index in [0.29, 0.717) is 15.9 Å². The number of rotatable bonds is 7. The van der Waals surface area contributed by atoms with E-state index in [1.807, 2.05) is 0 Å². The summed E-state index contributed by atoms with van der Waals surface area (Å²) in [5.74, 6) is 0.838. The SMILES string of the molecule is CCCOCCCNc1nc(N)c(Cl)cc1Cl. The summed E-state index contributed by atoms with van der Waals surface area (Å²) in [6.07, 6.45) is 1.93. The first-order valence-corrected chi connectivity index (χ1v) is 6.34. The fraction of sp³-hybridized carbons (Fsp3) is 0.545. The highest BCUT2D eigenvalue weighted by atomic mass is 35.5. The second-order valence-corrected chi connectivity index (χ2v) is 4.39. The third-order valence-corrected chi connectivity index (χ3v) is 2.65. The monoisotopic (exact) mass is 277 g/mol. The van der Waals surface area contributed by atoms with E-state index < -0.39 is 0 Å². The topological polar surface area (TPSA) is 60.2 Å². The van der Waals surface area contributed by atoms with Crippen molar-refractivity contribution in [3.63, 3.8) is 0 Å². The average molecular weight is 278 g/mol. The van der Waals surface area contributed by atoms with Gasteiger partial charge in [-0.25, -0.2) is 4.98 Å². The van der Waals surface area contributed by atoms with Crippen LogP contribution in [-0.4, -0.2) is 24.7 Å². The van der Waals surface area contributed by atoms with Crippen molar-refractivity contribution in [1.82, 2.24) is 4.98 Å². The average Bonchev–Trinajstić information content (AvgIpc) is 2.30. The van der Waals surface area contributed by atoms with Gasteiger partial charge >= 0.3 is 0 Å². The molecule has 3 N–H and O–H groups in total. The lowest BCUT2D eigenvalue weighted by atomic mass is 10.4. The Labute approximate surface area is 111 Å². The first kappa shape index (κ1) is 14.4. The predicted molar refractivity (Wildman–Crippen MR) is 72.9 cm³/mol. The van der Waals surface area contributed by atoms with Gasteiger partial charge in [0.2, 0.25) is 0 Å². The molecular formula is C11H17Cl2N3O. The Bertz CT molecular complexity index is 361. The Morgan fingerprint density at radius 3 is 2.82 bits per heavy atom. The van der Waals surface area contributed by atoms with Crippen LogP contribution < -0.4 is 11.1 Å². The third kappa shape index (κ3) is 4.98. The van der Waals surface area contributed by atoms with Crippen LogP contribution in [0.25, 0.3) is 0 Å². The Balaban J connectivity index is 2.34. The Morgan fingerprint density at radius 1 is 1.35 bits per heavy atom. The molecule has 1 rings (SSSR count). The zero-order chi connectivity index (χ0) is 12.7. The molecule has 0 aliphatic rings. The maximum atomic E-state index is 5.97. The number of halogens is 2. The summed E-state index contributed by atoms with van der Waals surface area (Å²) in [7, 11) is 0. The zero-order valence-electron chi connectivity index (χ0n) is 9.80. The molecule has 96 valence electrons. The molecule has 4 nitrogen and oxygen atoms in total. The quantitative estimate of drug-likeness (QED) is 0.752. The number of pyridine rings is 1. The number of nitrogens with zero attached hydrogens (tertiary/aromatic N) is 1. The standard InChI is InChI=1S/C11H17Cl2N3O/c1-2-5-17-6-3-4-15-11-9(13)7-8(12)10(14)16-11/h7H,2-6H2,1H3,(H3,14,15,16). The summed E-state index contributed by atoms with van der Waals surface area (Å²) < 4.78 is 5.35. The minimum Gasteiger partial charge on any atom is -0.382 e. The number of anilines is 2. The molecule has 1 aromatic heterocycles. The van der Waals surface area contributed by atoms with Gasteiger partial charge in [-0.05, 0) is 18.9 Å². The van der Waals surface area contributed by atoms with Gasteiger partial charge in [0.25, 0.3) is 0 Å². The number of nitrogen functional groups attached to an aromatic ring is 1. The van der Waals surface area contributed by atoms with Crippen molar-refractivity contribution in [2.75, 3.05) is 30.8 Å². The molecule has 0 radical (unpaired) electrons. The first-order valence-electron chi connectivity index (χ1n) is 5.58. The normalized spacial score (nSPS) is 10.5. The van der Waals surface area contributed by atoms with Crippen LogP contribution in [0.5, 0.6) is 0 Å². The minimum absolute atomic E-state index is 0.279. The highest BCUT2D eigenvalue weighted by Gasteiger charge is 2.06. The van der Waals surface area contributed by atoms with E-state index in [4.69, 9.17) is 33.7 Å². The van der Waals surface area contributed by atoms with Gasteiger partial charge in [0.05, 0.1) is 10.0 Å². The minimum atomic E-state index is 0.279. The number of nitrogens with one attached hydrogen (secondary N) is 1. The molecule has 0 amide bonds. The lowest BCUT2D eigenvalue weighted by molar-refractivity contribution is 0.134. The molecule has 0 aromatic carbocycles. The lowest BCUT2D eigenvalue weighted by Gasteiger charge is -2.09. The van der Waals surface area contributed by atoms with Crippen molar-refractivity contribution in [2.24, 2.45) is 0 Å². The summed E-state index contributed by atoms with van der Waals surface area (Å²) >= 11 is 11.8. The molecule has 1 aromatic rings. The van der Waals surface area contributed by atoms with E-state index in [1.165, 1.54) is 0 Å². The van der Waals surface area contributed by atoms with E-state index in [0.717, 1.165) is 32.6 Å². The molecule has 0 fully saturated rings. The second-order valence-electron chi connectivity index (χ2n) is 3.58. The molecule has 6 heteroatoms. The van der Waals surface area contributed by atoms with Gasteiger partial charge in [-0.2, -0.15) is 0 Å². The molecule has 0 saturated carbocycles. The van der Waals surface area contributed by atoms with E-state index in [9.17, 15) is 0 Å². The van der Waals surface area contributed by atoms with Crippen LogP contribution in [0.2, 0.25) is 10.0 Å². The van der Waals surface area contributed by atoms with Crippen molar-refractivity contribution in [2.45, 2.75) is 19.8 Å². The van der Waals surface area contributed by atoms with Crippen LogP contribution in [-0.2, 0) is 4.74 Å². The van der Waals surface area contributed by atoms with Gasteiger partial charge in [0.15, 0.2) is 0 Å². The highest BCUT2D eigenvalue weighted by molar-refractivity contribution is 6.37. The summed E-state index contributed by atoms with van der Waals surface area (Å²) in [6.45, 7) is 4.34. The predicted octanol–water partition coefficient (Wildman–Crippen LogP) is 3.20. The Hall–Kier alpha value is -0.710. The third-order valence-electron chi connectivity index (χ3n) is 2.06. The number of ether oxygens (including phenoxy) is 1. The van der Waals surface area contributed by atoms with Crippen LogP contribution in [0.3, 0.4) is 0 Å². The van der Waals surface area contributed by atoms with E-state index >= 15 is 0 Å². The lowest BCUT2D eigenvalue weighted by Crippen LogP contribution is -2.08. The van der Waals surface area contributed by atoms with Crippen LogP contribution in [0.1, 0.15) is 19.8 Å². The molecule has 1 heterocycles. The molecule has 0 aliphatic carbocycles. The zero-order valence-corrected chi connectivity index (χ0v) is 11.3. The number of hydrogen-bond donors (Lipinski definition) is 2. The maximum Gasteiger partial charge on any atom is 0.147 e. The fourth-order valence-electron chi connectivity index (χ4n) is 1.23. The first-order chi connectivity index (χ1) is 8.15. The highest BCUT2D eigenvalue weighted by Crippen LogP contribution is 2.27. The van der Waals surface area contributed by atoms with E-state index in [2.05, 4.69) is 17.2 Å². The number of nitrogens with two attached hydrogens (primary N) is 1.